The molecular weight excluding hydrogens is 733 g/mol. The molecule has 0 atom stereocenters. The van der Waals surface area contributed by atoms with E-state index in [1.807, 2.05) is 6.92 Å². The van der Waals surface area contributed by atoms with E-state index in [2.05, 4.69) is 96.0 Å². The van der Waals surface area contributed by atoms with Gasteiger partial charge in [0, 0.05) is 5.02 Å². The van der Waals surface area contributed by atoms with Gasteiger partial charge in [0.15, 0.2) is 0 Å². The average molecular weight is 759 g/mol. The fourth-order valence-corrected chi connectivity index (χ4v) is 5.61. The zero-order valence-electron chi connectivity index (χ0n) is 19.5. The summed E-state index contributed by atoms with van der Waals surface area (Å²) in [6.07, 6.45) is 0. The molecule has 0 radical (unpaired) electrons. The van der Waals surface area contributed by atoms with Crippen LogP contribution in [-0.4, -0.2) is 17.2 Å². The van der Waals surface area contributed by atoms with Gasteiger partial charge >= 0.3 is 22.4 Å². The van der Waals surface area contributed by atoms with Gasteiger partial charge in [0.05, 0.1) is 22.9 Å². The summed E-state index contributed by atoms with van der Waals surface area (Å²) in [5.41, 5.74) is 0.753. The van der Waals surface area contributed by atoms with Crippen LogP contribution in [0.1, 0.15) is 6.92 Å². The van der Waals surface area contributed by atoms with Crippen molar-refractivity contribution in [2.45, 2.75) is 6.92 Å². The van der Waals surface area contributed by atoms with Crippen molar-refractivity contribution in [3.63, 3.8) is 0 Å². The SMILES string of the molecule is CCOC([S-])=Nc1ccc(Cl)cc1.ClCCl.[Au+].c1ccc(P(c2ccccc2)c2ccccc2)cc1. The Kier molecular flexibility index (Phi) is 17.8. The third kappa shape index (κ3) is 12.2. The standard InChI is InChI=1S/C18H15P.C9H10ClNOS.CH2Cl2.Au/c1-4-10-16(11-5-1)19(17-12-6-2-7-13-17)18-14-8-3-9-15-18;1-2-12-9(13)11-8-5-3-7(10)4-6-8;2-1-3;/h1-15H;3-6H,2H2,1H3,(H,11,13);1H2;/q;;;+1/p-1. The molecule has 4 aromatic carbocycles. The zero-order chi connectivity index (χ0) is 25.3. The van der Waals surface area contributed by atoms with E-state index >= 15 is 0 Å². The van der Waals surface area contributed by atoms with Crippen LogP contribution >= 0.6 is 42.7 Å². The van der Waals surface area contributed by atoms with E-state index in [9.17, 15) is 0 Å². The van der Waals surface area contributed by atoms with Crippen LogP contribution in [0.25, 0.3) is 0 Å². The van der Waals surface area contributed by atoms with Crippen LogP contribution in [-0.2, 0) is 39.7 Å². The van der Waals surface area contributed by atoms with E-state index in [0.29, 0.717) is 11.6 Å². The predicted molar refractivity (Wildman–Crippen MR) is 159 cm³/mol. The van der Waals surface area contributed by atoms with Gasteiger partial charge in [0.25, 0.3) is 0 Å². The first kappa shape index (κ1) is 32.6. The number of hydrogen-bond donors (Lipinski definition) is 0. The zero-order valence-corrected chi connectivity index (χ0v) is 25.7. The average Bonchev–Trinajstić information content (AvgIpc) is 2.89. The third-order valence-corrected chi connectivity index (χ3v) is 7.26. The minimum atomic E-state index is -0.446. The molecule has 0 fully saturated rings. The largest absolute Gasteiger partial charge is 1.00 e. The van der Waals surface area contributed by atoms with Crippen LogP contribution in [0.2, 0.25) is 5.02 Å². The molecule has 0 heterocycles. The van der Waals surface area contributed by atoms with E-state index in [-0.39, 0.29) is 32.9 Å². The molecular formula is C28H26AuCl3NOPS. The number of benzene rings is 4. The van der Waals surface area contributed by atoms with Crippen LogP contribution in [0.15, 0.2) is 120 Å². The van der Waals surface area contributed by atoms with Crippen LogP contribution in [0.5, 0.6) is 0 Å². The number of halogens is 3. The second-order valence-electron chi connectivity index (χ2n) is 6.73. The molecule has 8 heteroatoms. The first-order valence-corrected chi connectivity index (χ1v) is 14.0. The quantitative estimate of drug-likeness (QED) is 0.0519. The maximum atomic E-state index is 5.70. The monoisotopic (exact) mass is 757 g/mol. The van der Waals surface area contributed by atoms with Crippen LogP contribution < -0.4 is 15.9 Å². The smallest absolute Gasteiger partial charge is 0.722 e. The maximum Gasteiger partial charge on any atom is 1.00 e. The van der Waals surface area contributed by atoms with Crippen LogP contribution in [0.3, 0.4) is 0 Å². The number of hydrogen-bond acceptors (Lipinski definition) is 3. The molecule has 0 saturated carbocycles. The Morgan fingerprint density at radius 1 is 0.722 bits per heavy atom. The molecule has 192 valence electrons. The summed E-state index contributed by atoms with van der Waals surface area (Å²) in [7, 11) is -0.446. The fraction of sp³-hybridized carbons (Fsp3) is 0.107. The third-order valence-electron chi connectivity index (χ3n) is 4.36. The summed E-state index contributed by atoms with van der Waals surface area (Å²) in [4.78, 5) is 4.04. The molecule has 0 aliphatic rings. The van der Waals surface area contributed by atoms with Crippen molar-refractivity contribution in [3.8, 4) is 0 Å². The summed E-state index contributed by atoms with van der Waals surface area (Å²) >= 11 is 20.1. The second kappa shape index (κ2) is 19.7. The number of rotatable bonds is 5. The molecule has 4 rings (SSSR count). The molecule has 4 aromatic rings. The first-order valence-electron chi connectivity index (χ1n) is 10.8. The van der Waals surface area contributed by atoms with Crippen LogP contribution in [0, 0.1) is 0 Å². The van der Waals surface area contributed by atoms with Gasteiger partial charge in [-0.05, 0) is 55.0 Å². The minimum absolute atomic E-state index is 0. The minimum Gasteiger partial charge on any atom is -0.722 e. The first-order chi connectivity index (χ1) is 17.1. The summed E-state index contributed by atoms with van der Waals surface area (Å²) < 4.78 is 5.01. The van der Waals surface area contributed by atoms with E-state index in [1.54, 1.807) is 24.3 Å². The Labute approximate surface area is 251 Å². The van der Waals surface area contributed by atoms with Crippen molar-refractivity contribution in [1.29, 1.82) is 0 Å². The van der Waals surface area contributed by atoms with Gasteiger partial charge in [-0.1, -0.05) is 103 Å². The molecule has 0 unspecified atom stereocenters. The summed E-state index contributed by atoms with van der Waals surface area (Å²) in [6, 6.07) is 39.4. The van der Waals surface area contributed by atoms with Crippen molar-refractivity contribution in [1.82, 2.24) is 0 Å². The van der Waals surface area contributed by atoms with Crippen molar-refractivity contribution >= 4 is 82.2 Å². The van der Waals surface area contributed by atoms with Crippen molar-refractivity contribution in [2.75, 3.05) is 11.9 Å². The van der Waals surface area contributed by atoms with Gasteiger partial charge in [-0.15, -0.1) is 23.2 Å². The number of alkyl halides is 2. The summed E-state index contributed by atoms with van der Waals surface area (Å²) in [5, 5.41) is 5.32. The Morgan fingerprint density at radius 2 is 1.08 bits per heavy atom. The summed E-state index contributed by atoms with van der Waals surface area (Å²) in [5.74, 6) is 0. The Bertz CT molecular complexity index is 1030. The van der Waals surface area contributed by atoms with Gasteiger partial charge < -0.3 is 17.4 Å². The van der Waals surface area contributed by atoms with Gasteiger partial charge in [0.1, 0.15) is 0 Å². The van der Waals surface area contributed by atoms with Crippen molar-refractivity contribution < 1.29 is 27.1 Å². The van der Waals surface area contributed by atoms with E-state index in [4.69, 9.17) is 52.2 Å². The van der Waals surface area contributed by atoms with Crippen molar-refractivity contribution in [3.05, 3.63) is 120 Å². The van der Waals surface area contributed by atoms with Crippen LogP contribution in [0.4, 0.5) is 5.69 Å². The van der Waals surface area contributed by atoms with Gasteiger partial charge in [-0.2, -0.15) is 0 Å². The van der Waals surface area contributed by atoms with Crippen molar-refractivity contribution in [2.24, 2.45) is 4.99 Å². The fourth-order valence-electron chi connectivity index (χ4n) is 2.96. The molecule has 0 saturated heterocycles. The predicted octanol–water partition coefficient (Wildman–Crippen LogP) is 7.77. The molecule has 0 amide bonds. The van der Waals surface area contributed by atoms with E-state index in [1.165, 1.54) is 15.9 Å². The molecule has 36 heavy (non-hydrogen) atoms. The maximum absolute atomic E-state index is 5.70. The van der Waals surface area contributed by atoms with Gasteiger partial charge in [-0.25, -0.2) is 4.99 Å². The second-order valence-corrected chi connectivity index (χ2v) is 10.5. The van der Waals surface area contributed by atoms with E-state index < -0.39 is 7.92 Å². The normalized spacial score (nSPS) is 10.2. The molecule has 0 spiro atoms. The molecule has 0 aliphatic heterocycles. The summed E-state index contributed by atoms with van der Waals surface area (Å²) in [6.45, 7) is 2.40. The van der Waals surface area contributed by atoms with Gasteiger partial charge in [-0.3, -0.25) is 0 Å². The Morgan fingerprint density at radius 3 is 1.42 bits per heavy atom. The molecule has 0 N–H and O–H groups in total. The molecule has 0 bridgehead atoms. The topological polar surface area (TPSA) is 21.6 Å². The Hall–Kier alpha value is -1.39. The van der Waals surface area contributed by atoms with E-state index in [0.717, 1.165) is 5.69 Å². The molecule has 2 nitrogen and oxygen atoms in total. The molecule has 0 aliphatic carbocycles. The number of ether oxygens (including phenoxy) is 1. The number of aliphatic imine (C=N–C) groups is 1. The Balaban J connectivity index is 0.000000335. The molecule has 0 aromatic heterocycles. The van der Waals surface area contributed by atoms with Gasteiger partial charge in [0.2, 0.25) is 0 Å². The number of nitrogens with zero attached hydrogens (tertiary/aromatic N) is 1.